The highest BCUT2D eigenvalue weighted by Crippen LogP contribution is 2.23. The van der Waals surface area contributed by atoms with Gasteiger partial charge in [-0.1, -0.05) is 6.07 Å². The van der Waals surface area contributed by atoms with Crippen LogP contribution in [0.3, 0.4) is 0 Å². The maximum absolute atomic E-state index is 10.7. The van der Waals surface area contributed by atoms with Crippen molar-refractivity contribution in [2.45, 2.75) is 6.54 Å². The molecule has 0 aliphatic rings. The summed E-state index contributed by atoms with van der Waals surface area (Å²) in [6.45, 7) is 0.805. The Hall–Kier alpha value is -2.14. The third kappa shape index (κ3) is 1.89. The Morgan fingerprint density at radius 1 is 1.28 bits per heavy atom. The van der Waals surface area contributed by atoms with Crippen LogP contribution in [0.1, 0.15) is 4.88 Å². The smallest absolute Gasteiger partial charge is 0.270 e. The number of thiophene rings is 1. The van der Waals surface area contributed by atoms with E-state index in [2.05, 4.69) is 10.6 Å². The number of rotatable bonds is 3. The fourth-order valence-electron chi connectivity index (χ4n) is 2.01. The summed E-state index contributed by atoms with van der Waals surface area (Å²) in [5, 5.41) is 13.7. The van der Waals surface area contributed by atoms with E-state index in [0.717, 1.165) is 17.4 Å². The van der Waals surface area contributed by atoms with Gasteiger partial charge in [-0.3, -0.25) is 10.1 Å². The van der Waals surface area contributed by atoms with Crippen molar-refractivity contribution in [3.8, 4) is 0 Å². The van der Waals surface area contributed by atoms with E-state index in [1.54, 1.807) is 29.5 Å². The summed E-state index contributed by atoms with van der Waals surface area (Å²) < 4.78 is 2.10. The average molecular weight is 258 g/mol. The highest BCUT2D eigenvalue weighted by atomic mass is 32.1. The number of nitro benzene ring substituents is 1. The van der Waals surface area contributed by atoms with Crippen molar-refractivity contribution in [2.75, 3.05) is 0 Å². The highest BCUT2D eigenvalue weighted by molar-refractivity contribution is 7.09. The molecular weight excluding hydrogens is 248 g/mol. The van der Waals surface area contributed by atoms with E-state index in [0.29, 0.717) is 0 Å². The monoisotopic (exact) mass is 258 g/mol. The van der Waals surface area contributed by atoms with Gasteiger partial charge < -0.3 is 4.57 Å². The third-order valence-corrected chi connectivity index (χ3v) is 3.73. The maximum atomic E-state index is 10.7. The molecule has 0 aliphatic heterocycles. The van der Waals surface area contributed by atoms with Gasteiger partial charge in [-0.15, -0.1) is 11.3 Å². The summed E-state index contributed by atoms with van der Waals surface area (Å²) in [6, 6.07) is 11.0. The number of nitro groups is 1. The summed E-state index contributed by atoms with van der Waals surface area (Å²) in [5.74, 6) is 0. The average Bonchev–Trinajstić information content (AvgIpc) is 2.99. The van der Waals surface area contributed by atoms with Crippen LogP contribution in [0.25, 0.3) is 10.9 Å². The maximum Gasteiger partial charge on any atom is 0.270 e. The zero-order chi connectivity index (χ0) is 12.5. The Balaban J connectivity index is 2.02. The number of fused-ring (bicyclic) bond motifs is 1. The molecule has 0 N–H and O–H groups in total. The zero-order valence-corrected chi connectivity index (χ0v) is 10.3. The molecule has 0 aliphatic carbocycles. The van der Waals surface area contributed by atoms with E-state index in [9.17, 15) is 10.1 Å². The Labute approximate surface area is 107 Å². The predicted octanol–water partition coefficient (Wildman–Crippen LogP) is 3.66. The molecule has 0 saturated heterocycles. The van der Waals surface area contributed by atoms with Crippen LogP contribution >= 0.6 is 11.3 Å². The molecule has 2 aromatic heterocycles. The fourth-order valence-corrected chi connectivity index (χ4v) is 2.71. The third-order valence-electron chi connectivity index (χ3n) is 2.87. The van der Waals surface area contributed by atoms with E-state index in [1.807, 2.05) is 23.7 Å². The number of hydrogen-bond acceptors (Lipinski definition) is 3. The lowest BCUT2D eigenvalue weighted by atomic mass is 10.2. The van der Waals surface area contributed by atoms with Crippen LogP contribution in [0, 0.1) is 10.1 Å². The summed E-state index contributed by atoms with van der Waals surface area (Å²) in [6.07, 6.45) is 1.97. The fraction of sp³-hybridized carbons (Fsp3) is 0.0769. The topological polar surface area (TPSA) is 48.1 Å². The SMILES string of the molecule is O=[N+]([O-])c1ccc2c(ccn2Cc2cccs2)c1. The molecular formula is C13H10N2O2S. The highest BCUT2D eigenvalue weighted by Gasteiger charge is 2.08. The molecule has 4 nitrogen and oxygen atoms in total. The Bertz CT molecular complexity index is 701. The van der Waals surface area contributed by atoms with Crippen molar-refractivity contribution in [3.63, 3.8) is 0 Å². The van der Waals surface area contributed by atoms with Gasteiger partial charge >= 0.3 is 0 Å². The van der Waals surface area contributed by atoms with Gasteiger partial charge in [0.15, 0.2) is 0 Å². The van der Waals surface area contributed by atoms with Crippen LogP contribution in [0.2, 0.25) is 0 Å². The molecule has 0 unspecified atom stereocenters. The van der Waals surface area contributed by atoms with Gasteiger partial charge in [0.05, 0.1) is 11.5 Å². The van der Waals surface area contributed by atoms with Crippen molar-refractivity contribution in [2.24, 2.45) is 0 Å². The van der Waals surface area contributed by atoms with Gasteiger partial charge in [0.1, 0.15) is 0 Å². The number of hydrogen-bond donors (Lipinski definition) is 0. The van der Waals surface area contributed by atoms with E-state index in [4.69, 9.17) is 0 Å². The van der Waals surface area contributed by atoms with Crippen LogP contribution < -0.4 is 0 Å². The normalized spacial score (nSPS) is 10.9. The van der Waals surface area contributed by atoms with E-state index < -0.39 is 0 Å². The van der Waals surface area contributed by atoms with Gasteiger partial charge in [-0.25, -0.2) is 0 Å². The predicted molar refractivity (Wildman–Crippen MR) is 72.0 cm³/mol. The second kappa shape index (κ2) is 4.27. The molecule has 0 bridgehead atoms. The van der Waals surface area contributed by atoms with Crippen molar-refractivity contribution < 1.29 is 4.92 Å². The minimum atomic E-state index is -0.365. The molecule has 18 heavy (non-hydrogen) atoms. The van der Waals surface area contributed by atoms with Crippen molar-refractivity contribution in [1.29, 1.82) is 0 Å². The van der Waals surface area contributed by atoms with Crippen LogP contribution in [0.4, 0.5) is 5.69 Å². The van der Waals surface area contributed by atoms with Crippen LogP contribution in [-0.4, -0.2) is 9.49 Å². The second-order valence-corrected chi connectivity index (χ2v) is 5.06. The molecule has 0 amide bonds. The Morgan fingerprint density at radius 3 is 2.89 bits per heavy atom. The van der Waals surface area contributed by atoms with Crippen LogP contribution in [0.15, 0.2) is 48.0 Å². The lowest BCUT2D eigenvalue weighted by Gasteiger charge is -2.03. The first-order chi connectivity index (χ1) is 8.74. The van der Waals surface area contributed by atoms with Gasteiger partial charge in [0.25, 0.3) is 5.69 Å². The van der Waals surface area contributed by atoms with E-state index >= 15 is 0 Å². The second-order valence-electron chi connectivity index (χ2n) is 4.02. The quantitative estimate of drug-likeness (QED) is 0.531. The molecule has 0 fully saturated rings. The van der Waals surface area contributed by atoms with E-state index in [1.165, 1.54) is 4.88 Å². The summed E-state index contributed by atoms with van der Waals surface area (Å²) >= 11 is 1.71. The molecule has 1 aromatic carbocycles. The van der Waals surface area contributed by atoms with E-state index in [-0.39, 0.29) is 10.6 Å². The summed E-state index contributed by atoms with van der Waals surface area (Å²) in [4.78, 5) is 11.6. The number of aromatic nitrogens is 1. The molecule has 0 spiro atoms. The van der Waals surface area contributed by atoms with Crippen molar-refractivity contribution in [3.05, 3.63) is 63.0 Å². The summed E-state index contributed by atoms with van der Waals surface area (Å²) in [5.41, 5.74) is 1.16. The first kappa shape index (κ1) is 11.0. The lowest BCUT2D eigenvalue weighted by molar-refractivity contribution is -0.384. The minimum absolute atomic E-state index is 0.136. The molecule has 2 heterocycles. The largest absolute Gasteiger partial charge is 0.342 e. The number of non-ortho nitro benzene ring substituents is 1. The van der Waals surface area contributed by atoms with Gasteiger partial charge in [0, 0.05) is 34.1 Å². The molecule has 3 aromatic rings. The standard InChI is InChI=1S/C13H10N2O2S/c16-15(17)11-3-4-13-10(8-11)5-6-14(13)9-12-2-1-7-18-12/h1-8H,9H2. The zero-order valence-electron chi connectivity index (χ0n) is 9.45. The summed E-state index contributed by atoms with van der Waals surface area (Å²) in [7, 11) is 0. The Kier molecular flexibility index (Phi) is 2.60. The van der Waals surface area contributed by atoms with Gasteiger partial charge in [-0.2, -0.15) is 0 Å². The van der Waals surface area contributed by atoms with Gasteiger partial charge in [0.2, 0.25) is 0 Å². The van der Waals surface area contributed by atoms with Crippen molar-refractivity contribution >= 4 is 27.9 Å². The minimum Gasteiger partial charge on any atom is -0.342 e. The first-order valence-electron chi connectivity index (χ1n) is 5.50. The van der Waals surface area contributed by atoms with Crippen LogP contribution in [-0.2, 0) is 6.54 Å². The van der Waals surface area contributed by atoms with Crippen molar-refractivity contribution in [1.82, 2.24) is 4.57 Å². The number of nitrogens with zero attached hydrogens (tertiary/aromatic N) is 2. The Morgan fingerprint density at radius 2 is 2.17 bits per heavy atom. The molecule has 0 atom stereocenters. The molecule has 0 radical (unpaired) electrons. The molecule has 5 heteroatoms. The lowest BCUT2D eigenvalue weighted by Crippen LogP contribution is -1.95. The molecule has 3 rings (SSSR count). The number of benzene rings is 1. The van der Waals surface area contributed by atoms with Crippen LogP contribution in [0.5, 0.6) is 0 Å². The first-order valence-corrected chi connectivity index (χ1v) is 6.38. The molecule has 90 valence electrons. The van der Waals surface area contributed by atoms with Gasteiger partial charge in [-0.05, 0) is 23.6 Å². The molecule has 0 saturated carbocycles.